The van der Waals surface area contributed by atoms with Gasteiger partial charge in [0.1, 0.15) is 5.82 Å². The lowest BCUT2D eigenvalue weighted by atomic mass is 10.1. The lowest BCUT2D eigenvalue weighted by Gasteiger charge is -2.16. The van der Waals surface area contributed by atoms with Gasteiger partial charge in [-0.15, -0.1) is 0 Å². The first-order chi connectivity index (χ1) is 6.30. The van der Waals surface area contributed by atoms with E-state index in [-0.39, 0.29) is 10.6 Å². The molecule has 1 rings (SSSR count). The number of hydrogen-bond donors (Lipinski definition) is 1. The second-order valence-corrected chi connectivity index (χ2v) is 4.14. The van der Waals surface area contributed by atoms with Crippen LogP contribution in [-0.2, 0) is 0 Å². The maximum Gasteiger partial charge on any atom is 0.330 e. The second-order valence-electron chi connectivity index (χ2n) is 2.65. The van der Waals surface area contributed by atoms with Crippen molar-refractivity contribution in [2.24, 2.45) is 0 Å². The normalized spacial score (nSPS) is 14.1. The zero-order valence-corrected chi connectivity index (χ0v) is 8.99. The fourth-order valence-electron chi connectivity index (χ4n) is 0.922. The van der Waals surface area contributed by atoms with Crippen LogP contribution in [0.5, 0.6) is 0 Å². The van der Waals surface area contributed by atoms with Gasteiger partial charge in [0.05, 0.1) is 0 Å². The van der Waals surface area contributed by atoms with Crippen LogP contribution in [0.4, 0.5) is 13.2 Å². The molecule has 0 heterocycles. The Morgan fingerprint density at radius 3 is 2.36 bits per heavy atom. The fraction of sp³-hybridized carbons (Fsp3) is 0.250. The van der Waals surface area contributed by atoms with Crippen molar-refractivity contribution in [3.8, 4) is 0 Å². The molecule has 1 N–H and O–H groups in total. The monoisotopic (exact) mass is 288 g/mol. The minimum atomic E-state index is -3.51. The van der Waals surface area contributed by atoms with Gasteiger partial charge in [-0.05, 0) is 39.7 Å². The van der Waals surface area contributed by atoms with E-state index in [2.05, 4.69) is 0 Å². The largest absolute Gasteiger partial charge is 0.381 e. The van der Waals surface area contributed by atoms with Crippen LogP contribution in [-0.4, -0.2) is 9.94 Å². The summed E-state index contributed by atoms with van der Waals surface area (Å²) in [5.41, 5.74) is -0.281. The van der Waals surface area contributed by atoms with E-state index in [9.17, 15) is 13.2 Å². The van der Waals surface area contributed by atoms with Gasteiger partial charge in [-0.1, -0.05) is 11.6 Å². The molecule has 1 nitrogen and oxygen atoms in total. The number of aliphatic hydroxyl groups is 1. The molecular weight excluding hydrogens is 284 g/mol. The number of rotatable bonds is 2. The average Bonchev–Trinajstić information content (AvgIpc) is 1.99. The molecular formula is C8H5BrClF3O. The summed E-state index contributed by atoms with van der Waals surface area (Å²) in [6.45, 7) is 0. The summed E-state index contributed by atoms with van der Waals surface area (Å²) in [4.78, 5) is -3.51. The summed E-state index contributed by atoms with van der Waals surface area (Å²) in [5.74, 6) is -0.775. The third-order valence-electron chi connectivity index (χ3n) is 1.51. The lowest BCUT2D eigenvalue weighted by molar-refractivity contribution is -0.0295. The van der Waals surface area contributed by atoms with Crippen LogP contribution in [0.2, 0.25) is 5.02 Å². The van der Waals surface area contributed by atoms with Crippen LogP contribution in [0.3, 0.4) is 0 Å². The number of aliphatic hydroxyl groups excluding tert-OH is 1. The molecule has 1 aromatic rings. The zero-order valence-electron chi connectivity index (χ0n) is 6.65. The van der Waals surface area contributed by atoms with Gasteiger partial charge in [-0.25, -0.2) is 4.39 Å². The molecule has 0 aliphatic rings. The molecule has 0 spiro atoms. The molecule has 1 aromatic carbocycles. The molecule has 0 saturated heterocycles. The van der Waals surface area contributed by atoms with Gasteiger partial charge in [-0.3, -0.25) is 0 Å². The van der Waals surface area contributed by atoms with Crippen molar-refractivity contribution < 1.29 is 18.3 Å². The highest BCUT2D eigenvalue weighted by Crippen LogP contribution is 2.37. The predicted molar refractivity (Wildman–Crippen MR) is 50.2 cm³/mol. The Balaban J connectivity index is 3.07. The van der Waals surface area contributed by atoms with E-state index in [0.29, 0.717) is 0 Å². The van der Waals surface area contributed by atoms with Gasteiger partial charge in [0.25, 0.3) is 0 Å². The average molecular weight is 289 g/mol. The van der Waals surface area contributed by atoms with Gasteiger partial charge in [0.2, 0.25) is 0 Å². The summed E-state index contributed by atoms with van der Waals surface area (Å²) in [6, 6.07) is 2.83. The Kier molecular flexibility index (Phi) is 3.44. The Morgan fingerprint density at radius 2 is 1.93 bits per heavy atom. The molecule has 0 fully saturated rings. The quantitative estimate of drug-likeness (QED) is 0.826. The standard InChI is InChI=1S/C8H5BrClF3O/c9-8(12,13)7(14)4-1-5(10)3-6(11)2-4/h1-3,7,14H. The summed E-state index contributed by atoms with van der Waals surface area (Å²) >= 11 is 7.41. The minimum Gasteiger partial charge on any atom is -0.381 e. The molecule has 1 unspecified atom stereocenters. The van der Waals surface area contributed by atoms with Gasteiger partial charge in [0.15, 0.2) is 6.10 Å². The van der Waals surface area contributed by atoms with Gasteiger partial charge in [0, 0.05) is 5.02 Å². The number of benzene rings is 1. The van der Waals surface area contributed by atoms with Crippen LogP contribution in [0.25, 0.3) is 0 Å². The van der Waals surface area contributed by atoms with E-state index >= 15 is 0 Å². The van der Waals surface area contributed by atoms with Crippen molar-refractivity contribution in [3.63, 3.8) is 0 Å². The van der Waals surface area contributed by atoms with Crippen LogP contribution in [0, 0.1) is 5.82 Å². The van der Waals surface area contributed by atoms with E-state index in [4.69, 9.17) is 16.7 Å². The molecule has 0 aromatic heterocycles. The molecule has 0 aliphatic carbocycles. The molecule has 0 amide bonds. The first kappa shape index (κ1) is 11.8. The molecule has 0 saturated carbocycles. The Labute approximate surface area is 91.6 Å². The smallest absolute Gasteiger partial charge is 0.330 e. The predicted octanol–water partition coefficient (Wildman–Crippen LogP) is 3.50. The van der Waals surface area contributed by atoms with Gasteiger partial charge in [-0.2, -0.15) is 8.78 Å². The van der Waals surface area contributed by atoms with Crippen molar-refractivity contribution >= 4 is 27.5 Å². The minimum absolute atomic E-state index is 0.0456. The van der Waals surface area contributed by atoms with Crippen molar-refractivity contribution in [2.45, 2.75) is 10.9 Å². The van der Waals surface area contributed by atoms with Crippen LogP contribution >= 0.6 is 27.5 Å². The number of hydrogen-bond acceptors (Lipinski definition) is 1. The summed E-state index contributed by atoms with van der Waals surface area (Å²) in [6.07, 6.45) is -2.13. The first-order valence-corrected chi connectivity index (χ1v) is 4.68. The van der Waals surface area contributed by atoms with E-state index in [1.54, 1.807) is 0 Å². The first-order valence-electron chi connectivity index (χ1n) is 3.51. The van der Waals surface area contributed by atoms with Crippen molar-refractivity contribution in [1.29, 1.82) is 0 Å². The number of halogens is 5. The zero-order chi connectivity index (χ0) is 10.9. The summed E-state index contributed by atoms with van der Waals surface area (Å²) in [5, 5.41) is 9.04. The Hall–Kier alpha value is -0.260. The Morgan fingerprint density at radius 1 is 1.36 bits per heavy atom. The highest BCUT2D eigenvalue weighted by atomic mass is 79.9. The van der Waals surface area contributed by atoms with Crippen molar-refractivity contribution in [1.82, 2.24) is 0 Å². The SMILES string of the molecule is OC(c1cc(F)cc(Cl)c1)C(F)(F)Br. The van der Waals surface area contributed by atoms with Crippen LogP contribution in [0.1, 0.15) is 11.7 Å². The summed E-state index contributed by atoms with van der Waals surface area (Å²) < 4.78 is 37.9. The van der Waals surface area contributed by atoms with Crippen molar-refractivity contribution in [3.05, 3.63) is 34.6 Å². The number of alkyl halides is 3. The van der Waals surface area contributed by atoms with Gasteiger partial charge < -0.3 is 5.11 Å². The van der Waals surface area contributed by atoms with Crippen molar-refractivity contribution in [2.75, 3.05) is 0 Å². The van der Waals surface area contributed by atoms with E-state index < -0.39 is 16.8 Å². The highest BCUT2D eigenvalue weighted by molar-refractivity contribution is 9.10. The van der Waals surface area contributed by atoms with Gasteiger partial charge >= 0.3 is 4.83 Å². The van der Waals surface area contributed by atoms with E-state index in [1.165, 1.54) is 0 Å². The van der Waals surface area contributed by atoms with E-state index in [0.717, 1.165) is 18.2 Å². The van der Waals surface area contributed by atoms with Crippen LogP contribution in [0.15, 0.2) is 18.2 Å². The third-order valence-corrected chi connectivity index (χ3v) is 2.16. The van der Waals surface area contributed by atoms with E-state index in [1.807, 2.05) is 15.9 Å². The molecule has 0 radical (unpaired) electrons. The molecule has 6 heteroatoms. The molecule has 0 aliphatic heterocycles. The molecule has 0 bridgehead atoms. The second kappa shape index (κ2) is 4.08. The molecule has 1 atom stereocenters. The maximum atomic E-state index is 12.7. The molecule has 14 heavy (non-hydrogen) atoms. The summed E-state index contributed by atoms with van der Waals surface area (Å²) in [7, 11) is 0. The maximum absolute atomic E-state index is 12.7. The third kappa shape index (κ3) is 2.87. The fourth-order valence-corrected chi connectivity index (χ4v) is 1.42. The molecule has 78 valence electrons. The van der Waals surface area contributed by atoms with Crippen LogP contribution < -0.4 is 0 Å². The highest BCUT2D eigenvalue weighted by Gasteiger charge is 2.36. The lowest BCUT2D eigenvalue weighted by Crippen LogP contribution is -2.18. The Bertz CT molecular complexity index is 320. The topological polar surface area (TPSA) is 20.2 Å².